The molecule has 0 unspecified atom stereocenters. The van der Waals surface area contributed by atoms with Gasteiger partial charge in [0.05, 0.1) is 13.7 Å². The lowest BCUT2D eigenvalue weighted by Crippen LogP contribution is -2.36. The van der Waals surface area contributed by atoms with E-state index < -0.39 is 49.2 Å². The highest BCUT2D eigenvalue weighted by Crippen LogP contribution is 2.16. The van der Waals surface area contributed by atoms with Crippen molar-refractivity contribution in [2.45, 2.75) is 0 Å². The fourth-order valence-corrected chi connectivity index (χ4v) is 2.01. The molecule has 8 nitrogen and oxygen atoms in total. The summed E-state index contributed by atoms with van der Waals surface area (Å²) in [4.78, 5) is 34.9. The maximum absolute atomic E-state index is 13.1. The zero-order chi connectivity index (χ0) is 21.2. The van der Waals surface area contributed by atoms with Crippen molar-refractivity contribution in [3.8, 4) is 11.5 Å². The van der Waals surface area contributed by atoms with E-state index in [1.54, 1.807) is 24.3 Å². The third-order valence-corrected chi connectivity index (χ3v) is 3.43. The monoisotopic (exact) mass is 408 g/mol. The molecule has 2 aromatic carbocycles. The van der Waals surface area contributed by atoms with Gasteiger partial charge in [0, 0.05) is 11.8 Å². The Bertz CT molecular complexity index is 874. The van der Waals surface area contributed by atoms with E-state index in [-0.39, 0.29) is 5.69 Å². The van der Waals surface area contributed by atoms with Crippen molar-refractivity contribution in [3.05, 3.63) is 54.1 Å². The normalized spacial score (nSPS) is 10.0. The predicted octanol–water partition coefficient (Wildman–Crippen LogP) is 1.65. The fraction of sp³-hybridized carbons (Fsp3) is 0.211. The van der Waals surface area contributed by atoms with Gasteiger partial charge in [-0.25, -0.2) is 13.6 Å². The lowest BCUT2D eigenvalue weighted by Gasteiger charge is -2.09. The number of anilines is 1. The summed E-state index contributed by atoms with van der Waals surface area (Å²) in [6, 6.07) is 9.34. The molecule has 0 aliphatic heterocycles. The summed E-state index contributed by atoms with van der Waals surface area (Å²) >= 11 is 0. The number of carbonyl (C=O) groups is 3. The smallest absolute Gasteiger partial charge is 0.344 e. The molecule has 0 saturated carbocycles. The topological polar surface area (TPSA) is 103 Å². The van der Waals surface area contributed by atoms with Crippen molar-refractivity contribution < 1.29 is 37.4 Å². The van der Waals surface area contributed by atoms with Crippen molar-refractivity contribution in [3.63, 3.8) is 0 Å². The number of rotatable bonds is 9. The van der Waals surface area contributed by atoms with Gasteiger partial charge in [0.2, 0.25) is 5.91 Å². The van der Waals surface area contributed by atoms with Crippen molar-refractivity contribution in [2.24, 2.45) is 0 Å². The number of methoxy groups -OCH3 is 1. The third kappa shape index (κ3) is 7.45. The van der Waals surface area contributed by atoms with Gasteiger partial charge in [-0.3, -0.25) is 9.59 Å². The average Bonchev–Trinajstić information content (AvgIpc) is 2.72. The van der Waals surface area contributed by atoms with Crippen LogP contribution in [0.1, 0.15) is 0 Å². The summed E-state index contributed by atoms with van der Waals surface area (Å²) in [7, 11) is 1.52. The van der Waals surface area contributed by atoms with Crippen LogP contribution in [0.5, 0.6) is 11.5 Å². The van der Waals surface area contributed by atoms with E-state index in [4.69, 9.17) is 14.2 Å². The molecule has 2 N–H and O–H groups in total. The second-order valence-corrected chi connectivity index (χ2v) is 5.58. The number of ether oxygens (including phenoxy) is 3. The zero-order valence-electron chi connectivity index (χ0n) is 15.4. The minimum atomic E-state index is -1.12. The molecule has 29 heavy (non-hydrogen) atoms. The number of benzene rings is 2. The quantitative estimate of drug-likeness (QED) is 0.612. The first-order chi connectivity index (χ1) is 13.9. The Morgan fingerprint density at radius 1 is 0.897 bits per heavy atom. The van der Waals surface area contributed by atoms with Crippen LogP contribution in [-0.2, 0) is 19.1 Å². The fourth-order valence-electron chi connectivity index (χ4n) is 2.01. The third-order valence-electron chi connectivity index (χ3n) is 3.43. The number of halogens is 2. The van der Waals surface area contributed by atoms with Crippen molar-refractivity contribution >= 4 is 23.5 Å². The first-order valence-corrected chi connectivity index (χ1v) is 8.31. The largest absolute Gasteiger partial charge is 0.497 e. The van der Waals surface area contributed by atoms with Crippen LogP contribution in [0.15, 0.2) is 42.5 Å². The maximum atomic E-state index is 13.1. The number of hydrogen-bond donors (Lipinski definition) is 2. The average molecular weight is 408 g/mol. The van der Waals surface area contributed by atoms with E-state index in [9.17, 15) is 23.2 Å². The van der Waals surface area contributed by atoms with E-state index >= 15 is 0 Å². The van der Waals surface area contributed by atoms with Gasteiger partial charge in [-0.05, 0) is 36.4 Å². The van der Waals surface area contributed by atoms with Gasteiger partial charge in [0.15, 0.2) is 24.8 Å². The Labute approximate surface area is 164 Å². The highest BCUT2D eigenvalue weighted by molar-refractivity contribution is 5.94. The molecule has 2 aromatic rings. The van der Waals surface area contributed by atoms with Crippen LogP contribution in [0, 0.1) is 11.6 Å². The molecule has 2 rings (SSSR count). The van der Waals surface area contributed by atoms with Crippen LogP contribution in [0.3, 0.4) is 0 Å². The van der Waals surface area contributed by atoms with Gasteiger partial charge >= 0.3 is 5.97 Å². The van der Waals surface area contributed by atoms with Gasteiger partial charge < -0.3 is 24.8 Å². The van der Waals surface area contributed by atoms with E-state index in [2.05, 4.69) is 10.6 Å². The summed E-state index contributed by atoms with van der Waals surface area (Å²) in [5, 5.41) is 4.50. The lowest BCUT2D eigenvalue weighted by molar-refractivity contribution is -0.150. The first-order valence-electron chi connectivity index (χ1n) is 8.31. The molecule has 0 saturated heterocycles. The van der Waals surface area contributed by atoms with Crippen LogP contribution in [0.4, 0.5) is 14.5 Å². The van der Waals surface area contributed by atoms with Gasteiger partial charge in [0.1, 0.15) is 11.5 Å². The number of amides is 2. The van der Waals surface area contributed by atoms with Crippen molar-refractivity contribution in [2.75, 3.05) is 32.2 Å². The second-order valence-electron chi connectivity index (χ2n) is 5.58. The maximum Gasteiger partial charge on any atom is 0.344 e. The van der Waals surface area contributed by atoms with Gasteiger partial charge in [-0.15, -0.1) is 0 Å². The zero-order valence-corrected chi connectivity index (χ0v) is 15.4. The predicted molar refractivity (Wildman–Crippen MR) is 97.4 cm³/mol. The standard InChI is InChI=1S/C19H18F2N2O6/c1-27-13-3-5-14(6-4-13)28-11-19(26)29-10-18(25)22-9-17(24)23-12-2-7-15(20)16(21)8-12/h2-8H,9-11H2,1H3,(H,22,25)(H,23,24). The Hall–Kier alpha value is -3.69. The molecule has 0 heterocycles. The van der Waals surface area contributed by atoms with Crippen LogP contribution < -0.4 is 20.1 Å². The molecule has 0 radical (unpaired) electrons. The van der Waals surface area contributed by atoms with Crippen LogP contribution in [-0.4, -0.2) is 44.7 Å². The van der Waals surface area contributed by atoms with Crippen LogP contribution in [0.2, 0.25) is 0 Å². The van der Waals surface area contributed by atoms with E-state index in [1.807, 2.05) is 0 Å². The number of hydrogen-bond acceptors (Lipinski definition) is 6. The summed E-state index contributed by atoms with van der Waals surface area (Å²) in [6.45, 7) is -1.46. The second kappa shape index (κ2) is 10.6. The molecule has 154 valence electrons. The Morgan fingerprint density at radius 2 is 1.59 bits per heavy atom. The summed E-state index contributed by atoms with van der Waals surface area (Å²) in [5.74, 6) is -3.28. The molecule has 10 heteroatoms. The first kappa shape index (κ1) is 21.6. The molecule has 0 aromatic heterocycles. The minimum absolute atomic E-state index is 0.0326. The van der Waals surface area contributed by atoms with Crippen molar-refractivity contribution in [1.29, 1.82) is 0 Å². The summed E-state index contributed by atoms with van der Waals surface area (Å²) in [6.07, 6.45) is 0. The van der Waals surface area contributed by atoms with Gasteiger partial charge in [-0.1, -0.05) is 0 Å². The Kier molecular flexibility index (Phi) is 7.89. The number of esters is 1. The van der Waals surface area contributed by atoms with Gasteiger partial charge in [-0.2, -0.15) is 0 Å². The molecule has 0 fully saturated rings. The highest BCUT2D eigenvalue weighted by atomic mass is 19.2. The Morgan fingerprint density at radius 3 is 2.24 bits per heavy atom. The van der Waals surface area contributed by atoms with E-state index in [0.717, 1.165) is 12.1 Å². The number of nitrogens with one attached hydrogen (secondary N) is 2. The molecule has 0 spiro atoms. The molecule has 0 bridgehead atoms. The molecule has 0 aliphatic rings. The molecule has 0 atom stereocenters. The SMILES string of the molecule is COc1ccc(OCC(=O)OCC(=O)NCC(=O)Nc2ccc(F)c(F)c2)cc1. The molecule has 2 amide bonds. The van der Waals surface area contributed by atoms with Crippen LogP contribution in [0.25, 0.3) is 0 Å². The molecule has 0 aliphatic carbocycles. The van der Waals surface area contributed by atoms with Crippen LogP contribution >= 0.6 is 0 Å². The van der Waals surface area contributed by atoms with Crippen molar-refractivity contribution in [1.82, 2.24) is 5.32 Å². The van der Waals surface area contributed by atoms with E-state index in [0.29, 0.717) is 11.5 Å². The minimum Gasteiger partial charge on any atom is -0.497 e. The lowest BCUT2D eigenvalue weighted by atomic mass is 10.3. The molecular weight excluding hydrogens is 390 g/mol. The summed E-state index contributed by atoms with van der Waals surface area (Å²) in [5.41, 5.74) is 0.0326. The Balaban J connectivity index is 1.64. The van der Waals surface area contributed by atoms with E-state index in [1.165, 1.54) is 13.2 Å². The highest BCUT2D eigenvalue weighted by Gasteiger charge is 2.11. The molecular formula is C19H18F2N2O6. The number of carbonyl (C=O) groups excluding carboxylic acids is 3. The van der Waals surface area contributed by atoms with Gasteiger partial charge in [0.25, 0.3) is 5.91 Å². The summed E-state index contributed by atoms with van der Waals surface area (Å²) < 4.78 is 40.8.